The van der Waals surface area contributed by atoms with Gasteiger partial charge in [-0.1, -0.05) is 61.8 Å². The van der Waals surface area contributed by atoms with Gasteiger partial charge in [0.05, 0.1) is 22.9 Å². The number of ether oxygens (including phenoxy) is 1. The van der Waals surface area contributed by atoms with E-state index in [0.717, 1.165) is 35.6 Å². The molecule has 166 valence electrons. The minimum absolute atomic E-state index is 0.0849. The molecule has 0 amide bonds. The lowest BCUT2D eigenvalue weighted by Gasteiger charge is -2.39. The first-order chi connectivity index (χ1) is 14.8. The van der Waals surface area contributed by atoms with Crippen molar-refractivity contribution in [3.63, 3.8) is 0 Å². The lowest BCUT2D eigenvalue weighted by Crippen LogP contribution is -2.36. The van der Waals surface area contributed by atoms with E-state index in [0.29, 0.717) is 11.6 Å². The first kappa shape index (κ1) is 24.6. The molecule has 0 N–H and O–H groups in total. The number of allylic oxidation sites excluding steroid dienone is 2. The van der Waals surface area contributed by atoms with Crippen LogP contribution in [0.2, 0.25) is 10.0 Å². The van der Waals surface area contributed by atoms with Crippen molar-refractivity contribution < 1.29 is 4.74 Å². The Labute approximate surface area is 210 Å². The van der Waals surface area contributed by atoms with E-state index in [1.165, 1.54) is 5.56 Å². The van der Waals surface area contributed by atoms with E-state index in [4.69, 9.17) is 27.9 Å². The number of pyridine rings is 1. The zero-order valence-corrected chi connectivity index (χ0v) is 21.7. The summed E-state index contributed by atoms with van der Waals surface area (Å²) in [5.74, 6) is 0.925. The van der Waals surface area contributed by atoms with Gasteiger partial charge in [-0.2, -0.15) is 0 Å². The van der Waals surface area contributed by atoms with Crippen LogP contribution in [0.3, 0.4) is 0 Å². The van der Waals surface area contributed by atoms with Gasteiger partial charge < -0.3 is 4.74 Å². The highest BCUT2D eigenvalue weighted by molar-refractivity contribution is 14.1. The maximum atomic E-state index is 6.38. The van der Waals surface area contributed by atoms with Crippen LogP contribution in [0.4, 0.5) is 0 Å². The second-order valence-electron chi connectivity index (χ2n) is 8.44. The Morgan fingerprint density at radius 3 is 2.55 bits per heavy atom. The Hall–Kier alpha value is -1.08. The fourth-order valence-corrected chi connectivity index (χ4v) is 5.90. The largest absolute Gasteiger partial charge is 0.496 e. The third kappa shape index (κ3) is 5.65. The molecule has 3 nitrogen and oxygen atoms in total. The Morgan fingerprint density at radius 2 is 1.94 bits per heavy atom. The van der Waals surface area contributed by atoms with Crippen molar-refractivity contribution in [2.45, 2.75) is 51.1 Å². The summed E-state index contributed by atoms with van der Waals surface area (Å²) >= 11 is 15.1. The number of halogens is 3. The van der Waals surface area contributed by atoms with E-state index in [1.54, 1.807) is 6.20 Å². The van der Waals surface area contributed by atoms with Crippen molar-refractivity contribution in [1.82, 2.24) is 8.10 Å². The van der Waals surface area contributed by atoms with Crippen LogP contribution < -0.4 is 0 Å². The normalized spacial score (nSPS) is 27.6. The highest BCUT2D eigenvalue weighted by atomic mass is 127. The first-order valence-electron chi connectivity index (χ1n) is 10.5. The van der Waals surface area contributed by atoms with Gasteiger partial charge in [-0.25, -0.2) is 3.11 Å². The summed E-state index contributed by atoms with van der Waals surface area (Å²) < 4.78 is 8.67. The number of aromatic nitrogens is 1. The molecule has 4 atom stereocenters. The SMILES string of the molecule is C=CC[C@@]1(C)C[C@H](c2cncc(Cl)c2)[C@@H](c2ccc(Cl)cc2)N(I)[C@@H](CC)COC1=C. The summed E-state index contributed by atoms with van der Waals surface area (Å²) in [5.41, 5.74) is 2.05. The van der Waals surface area contributed by atoms with E-state index in [2.05, 4.69) is 70.1 Å². The van der Waals surface area contributed by atoms with E-state index >= 15 is 0 Å². The number of nitrogens with zero attached hydrogens (tertiary/aromatic N) is 2. The Balaban J connectivity index is 2.21. The predicted octanol–water partition coefficient (Wildman–Crippen LogP) is 8.16. The predicted molar refractivity (Wildman–Crippen MR) is 139 cm³/mol. The van der Waals surface area contributed by atoms with Gasteiger partial charge in [0.25, 0.3) is 0 Å². The second kappa shape index (κ2) is 10.7. The number of hydrogen-bond acceptors (Lipinski definition) is 3. The maximum Gasteiger partial charge on any atom is 0.104 e. The molecule has 3 rings (SSSR count). The number of hydrogen-bond donors (Lipinski definition) is 0. The van der Waals surface area contributed by atoms with Crippen LogP contribution in [0.1, 0.15) is 56.2 Å². The Morgan fingerprint density at radius 1 is 1.23 bits per heavy atom. The molecule has 0 radical (unpaired) electrons. The number of rotatable bonds is 5. The lowest BCUT2D eigenvalue weighted by molar-refractivity contribution is 0.108. The summed E-state index contributed by atoms with van der Waals surface area (Å²) in [6.45, 7) is 13.3. The standard InChI is InChI=1S/C25H29Cl2IN2O/c1-5-11-25(4)13-23(19-12-21(27)15-29-14-19)24(18-7-9-20(26)10-8-18)30(28)22(6-2)16-31-17(25)3/h5,7-10,12,14-15,22-24H,1,3,6,11,13,16H2,2,4H3/t22-,23+,24+,25-/m0/s1. The van der Waals surface area contributed by atoms with Crippen LogP contribution in [0.5, 0.6) is 0 Å². The maximum absolute atomic E-state index is 6.38. The molecule has 0 saturated carbocycles. The molecule has 1 aromatic heterocycles. The lowest BCUT2D eigenvalue weighted by atomic mass is 9.72. The molecule has 1 aliphatic rings. The van der Waals surface area contributed by atoms with Gasteiger partial charge in [0.2, 0.25) is 0 Å². The summed E-state index contributed by atoms with van der Waals surface area (Å²) in [5, 5.41) is 1.37. The average molecular weight is 571 g/mol. The number of benzene rings is 1. The molecule has 1 aromatic carbocycles. The van der Waals surface area contributed by atoms with Gasteiger partial charge in [-0.05, 0) is 48.6 Å². The fourth-order valence-electron chi connectivity index (χ4n) is 4.33. The van der Waals surface area contributed by atoms with E-state index < -0.39 is 0 Å². The van der Waals surface area contributed by atoms with Crippen molar-refractivity contribution in [2.75, 3.05) is 6.61 Å². The molecule has 2 heterocycles. The van der Waals surface area contributed by atoms with Gasteiger partial charge in [0, 0.05) is 51.6 Å². The summed E-state index contributed by atoms with van der Waals surface area (Å²) in [6.07, 6.45) is 8.12. The van der Waals surface area contributed by atoms with Crippen LogP contribution in [0.15, 0.2) is 67.7 Å². The molecule has 31 heavy (non-hydrogen) atoms. The monoisotopic (exact) mass is 570 g/mol. The van der Waals surface area contributed by atoms with Crippen LogP contribution in [0.25, 0.3) is 0 Å². The Kier molecular flexibility index (Phi) is 8.47. The highest BCUT2D eigenvalue weighted by Gasteiger charge is 2.41. The van der Waals surface area contributed by atoms with Crippen molar-refractivity contribution >= 4 is 46.1 Å². The van der Waals surface area contributed by atoms with Gasteiger partial charge >= 0.3 is 0 Å². The Bertz CT molecular complexity index is 920. The molecule has 2 aromatic rings. The molecule has 1 saturated heterocycles. The fraction of sp³-hybridized carbons (Fsp3) is 0.400. The molecule has 6 heteroatoms. The molecule has 0 aliphatic carbocycles. The van der Waals surface area contributed by atoms with Crippen LogP contribution in [-0.2, 0) is 4.74 Å². The van der Waals surface area contributed by atoms with Gasteiger partial charge in [0.1, 0.15) is 6.61 Å². The molecule has 0 unspecified atom stereocenters. The van der Waals surface area contributed by atoms with Crippen LogP contribution >= 0.6 is 46.1 Å². The van der Waals surface area contributed by atoms with Crippen molar-refractivity contribution in [3.05, 3.63) is 88.9 Å². The van der Waals surface area contributed by atoms with E-state index in [-0.39, 0.29) is 23.4 Å². The molecule has 0 bridgehead atoms. The van der Waals surface area contributed by atoms with Crippen molar-refractivity contribution in [3.8, 4) is 0 Å². The average Bonchev–Trinajstić information content (AvgIpc) is 2.78. The third-order valence-electron chi connectivity index (χ3n) is 6.22. The topological polar surface area (TPSA) is 25.4 Å². The van der Waals surface area contributed by atoms with Crippen molar-refractivity contribution in [2.24, 2.45) is 5.41 Å². The van der Waals surface area contributed by atoms with Gasteiger partial charge in [-0.15, -0.1) is 6.58 Å². The summed E-state index contributed by atoms with van der Waals surface area (Å²) in [6, 6.07) is 10.5. The summed E-state index contributed by atoms with van der Waals surface area (Å²) in [7, 11) is 0. The van der Waals surface area contributed by atoms with Crippen molar-refractivity contribution in [1.29, 1.82) is 0 Å². The molecule has 1 aliphatic heterocycles. The summed E-state index contributed by atoms with van der Waals surface area (Å²) in [4.78, 5) is 4.41. The zero-order chi connectivity index (χ0) is 22.6. The van der Waals surface area contributed by atoms with E-state index in [1.807, 2.05) is 30.5 Å². The first-order valence-corrected chi connectivity index (χ1v) is 12.2. The molecular formula is C25H29Cl2IN2O. The molecular weight excluding hydrogens is 542 g/mol. The van der Waals surface area contributed by atoms with Gasteiger partial charge in [-0.3, -0.25) is 4.98 Å². The van der Waals surface area contributed by atoms with Crippen LogP contribution in [-0.4, -0.2) is 20.7 Å². The molecule has 0 spiro atoms. The van der Waals surface area contributed by atoms with Crippen LogP contribution in [0, 0.1) is 5.41 Å². The molecule has 1 fully saturated rings. The minimum Gasteiger partial charge on any atom is -0.496 e. The minimum atomic E-state index is -0.264. The zero-order valence-electron chi connectivity index (χ0n) is 18.0. The smallest absolute Gasteiger partial charge is 0.104 e. The highest BCUT2D eigenvalue weighted by Crippen LogP contribution is 2.50. The van der Waals surface area contributed by atoms with E-state index in [9.17, 15) is 0 Å². The third-order valence-corrected chi connectivity index (χ3v) is 8.07. The second-order valence-corrected chi connectivity index (χ2v) is 10.4. The quantitative estimate of drug-likeness (QED) is 0.206. The van der Waals surface area contributed by atoms with Gasteiger partial charge in [0.15, 0.2) is 0 Å².